The van der Waals surface area contributed by atoms with Gasteiger partial charge in [-0.25, -0.2) is 0 Å². The van der Waals surface area contributed by atoms with Crippen molar-refractivity contribution in [3.63, 3.8) is 0 Å². The largest absolute Gasteiger partial charge is 0.416 e. The Morgan fingerprint density at radius 3 is 2.81 bits per heavy atom. The van der Waals surface area contributed by atoms with Crippen LogP contribution in [0, 0.1) is 11.3 Å². The summed E-state index contributed by atoms with van der Waals surface area (Å²) >= 11 is 5.89. The number of hydrogen-bond donors (Lipinski definition) is 1. The molecule has 0 saturated heterocycles. The molecule has 0 unspecified atom stereocenters. The van der Waals surface area contributed by atoms with Crippen molar-refractivity contribution in [1.29, 1.82) is 5.26 Å². The van der Waals surface area contributed by atoms with Gasteiger partial charge in [0.25, 0.3) is 0 Å². The zero-order valence-corrected chi connectivity index (χ0v) is 14.4. The van der Waals surface area contributed by atoms with E-state index < -0.39 is 17.6 Å². The second-order valence-electron chi connectivity index (χ2n) is 5.64. The molecule has 1 amide bonds. The summed E-state index contributed by atoms with van der Waals surface area (Å²) in [5, 5.41) is 15.2. The Kier molecular flexibility index (Phi) is 6.64. The molecule has 1 aromatic carbocycles. The molecule has 0 fully saturated rings. The number of unbranched alkanes of at least 4 members (excludes halogenated alkanes) is 2. The Morgan fingerprint density at radius 1 is 1.35 bits per heavy atom. The highest BCUT2D eigenvalue weighted by atomic mass is 35.5. The maximum atomic E-state index is 12.8. The summed E-state index contributed by atoms with van der Waals surface area (Å²) in [5.41, 5.74) is -0.309. The quantitative estimate of drug-likeness (QED) is 0.718. The smallest absolute Gasteiger partial charge is 0.323 e. The number of nitrogens with zero attached hydrogens (tertiary/aromatic N) is 3. The van der Waals surface area contributed by atoms with Gasteiger partial charge in [-0.2, -0.15) is 23.5 Å². The fourth-order valence-corrected chi connectivity index (χ4v) is 2.48. The number of nitrogens with one attached hydrogen (secondary N) is 1. The summed E-state index contributed by atoms with van der Waals surface area (Å²) in [7, 11) is 0. The number of halogens is 4. The molecule has 2 rings (SSSR count). The molecule has 2 aromatic rings. The number of amides is 1. The van der Waals surface area contributed by atoms with Crippen molar-refractivity contribution in [1.82, 2.24) is 9.78 Å². The first-order chi connectivity index (χ1) is 12.3. The lowest BCUT2D eigenvalue weighted by atomic mass is 10.1. The Bertz CT molecular complexity index is 811. The van der Waals surface area contributed by atoms with Gasteiger partial charge in [-0.3, -0.25) is 9.48 Å². The number of aryl methyl sites for hydroxylation is 1. The third kappa shape index (κ3) is 5.77. The number of nitriles is 1. The van der Waals surface area contributed by atoms with Crippen LogP contribution in [0.2, 0.25) is 5.02 Å². The first-order valence-electron chi connectivity index (χ1n) is 7.84. The van der Waals surface area contributed by atoms with Crippen LogP contribution >= 0.6 is 11.6 Å². The number of carbonyl (C=O) groups excluding carboxylic acids is 1. The van der Waals surface area contributed by atoms with Gasteiger partial charge in [0.15, 0.2) is 0 Å². The van der Waals surface area contributed by atoms with E-state index in [2.05, 4.69) is 16.5 Å². The highest BCUT2D eigenvalue weighted by Gasteiger charge is 2.31. The van der Waals surface area contributed by atoms with E-state index in [1.807, 2.05) is 0 Å². The lowest BCUT2D eigenvalue weighted by Gasteiger charge is -2.10. The zero-order valence-electron chi connectivity index (χ0n) is 13.7. The van der Waals surface area contributed by atoms with E-state index in [0.29, 0.717) is 18.7 Å². The Balaban J connectivity index is 1.95. The highest BCUT2D eigenvalue weighted by molar-refractivity contribution is 6.31. The van der Waals surface area contributed by atoms with Crippen molar-refractivity contribution >= 4 is 23.2 Å². The molecule has 0 bridgehead atoms. The van der Waals surface area contributed by atoms with Crippen LogP contribution in [0.1, 0.15) is 30.4 Å². The van der Waals surface area contributed by atoms with Crippen molar-refractivity contribution in [2.75, 3.05) is 5.32 Å². The molecule has 1 heterocycles. The van der Waals surface area contributed by atoms with Crippen LogP contribution in [0.3, 0.4) is 0 Å². The standard InChI is InChI=1S/C17H16ClF3N4O/c18-15-5-4-13(17(19,20)21)8-12(15)9-16(26)24-14-10-23-25(11-14)7-3-1-2-6-22/h4-5,8,10-11H,1-3,7,9H2,(H,24,26). The fraction of sp³-hybridized carbons (Fsp3) is 0.353. The summed E-state index contributed by atoms with van der Waals surface area (Å²) in [6.45, 7) is 0.608. The third-order valence-corrected chi connectivity index (χ3v) is 3.94. The second kappa shape index (κ2) is 8.72. The Labute approximate surface area is 153 Å². The van der Waals surface area contributed by atoms with E-state index in [0.717, 1.165) is 31.0 Å². The number of carbonyl (C=O) groups is 1. The van der Waals surface area contributed by atoms with Crippen LogP contribution in [0.4, 0.5) is 18.9 Å². The minimum absolute atomic E-state index is 0.0985. The van der Waals surface area contributed by atoms with E-state index in [1.165, 1.54) is 6.20 Å². The summed E-state index contributed by atoms with van der Waals surface area (Å²) < 4.78 is 39.9. The van der Waals surface area contributed by atoms with Crippen LogP contribution in [0.15, 0.2) is 30.6 Å². The summed E-state index contributed by atoms with van der Waals surface area (Å²) in [5.74, 6) is -0.491. The van der Waals surface area contributed by atoms with Gasteiger partial charge in [-0.05, 0) is 36.6 Å². The van der Waals surface area contributed by atoms with Crippen molar-refractivity contribution in [2.45, 2.75) is 38.4 Å². The molecule has 0 saturated carbocycles. The number of aromatic nitrogens is 2. The minimum atomic E-state index is -4.50. The molecule has 0 radical (unpaired) electrons. The van der Waals surface area contributed by atoms with Gasteiger partial charge in [0.2, 0.25) is 5.91 Å². The molecule has 0 aliphatic carbocycles. The van der Waals surface area contributed by atoms with E-state index in [-0.39, 0.29) is 17.0 Å². The average molecular weight is 385 g/mol. The van der Waals surface area contributed by atoms with E-state index >= 15 is 0 Å². The van der Waals surface area contributed by atoms with Gasteiger partial charge in [0.05, 0.1) is 29.9 Å². The van der Waals surface area contributed by atoms with E-state index in [1.54, 1.807) is 10.9 Å². The molecule has 0 atom stereocenters. The van der Waals surface area contributed by atoms with Gasteiger partial charge < -0.3 is 5.32 Å². The third-order valence-electron chi connectivity index (χ3n) is 3.57. The second-order valence-corrected chi connectivity index (χ2v) is 6.04. The normalized spacial score (nSPS) is 11.2. The van der Waals surface area contributed by atoms with Crippen LogP contribution in [-0.2, 0) is 23.9 Å². The average Bonchev–Trinajstić information content (AvgIpc) is 3.00. The van der Waals surface area contributed by atoms with Crippen LogP contribution < -0.4 is 5.32 Å². The lowest BCUT2D eigenvalue weighted by molar-refractivity contribution is -0.137. The topological polar surface area (TPSA) is 70.7 Å². The predicted molar refractivity (Wildman–Crippen MR) is 90.5 cm³/mol. The summed E-state index contributed by atoms with van der Waals surface area (Å²) in [6.07, 6.45) is 0.309. The van der Waals surface area contributed by atoms with Crippen LogP contribution in [0.25, 0.3) is 0 Å². The van der Waals surface area contributed by atoms with E-state index in [4.69, 9.17) is 16.9 Å². The molecular formula is C17H16ClF3N4O. The van der Waals surface area contributed by atoms with Gasteiger partial charge in [0.1, 0.15) is 0 Å². The first-order valence-corrected chi connectivity index (χ1v) is 8.22. The number of anilines is 1. The zero-order chi connectivity index (χ0) is 19.2. The summed E-state index contributed by atoms with van der Waals surface area (Å²) in [4.78, 5) is 12.1. The van der Waals surface area contributed by atoms with Crippen LogP contribution in [0.5, 0.6) is 0 Å². The van der Waals surface area contributed by atoms with Gasteiger partial charge in [-0.1, -0.05) is 11.6 Å². The molecule has 1 aromatic heterocycles. The maximum Gasteiger partial charge on any atom is 0.416 e. The molecule has 26 heavy (non-hydrogen) atoms. The molecule has 9 heteroatoms. The lowest BCUT2D eigenvalue weighted by Crippen LogP contribution is -2.15. The number of hydrogen-bond acceptors (Lipinski definition) is 3. The van der Waals surface area contributed by atoms with Crippen molar-refractivity contribution in [3.8, 4) is 6.07 Å². The minimum Gasteiger partial charge on any atom is -0.323 e. The molecule has 5 nitrogen and oxygen atoms in total. The van der Waals surface area contributed by atoms with Crippen molar-refractivity contribution < 1.29 is 18.0 Å². The molecule has 1 N–H and O–H groups in total. The SMILES string of the molecule is N#CCCCCn1cc(NC(=O)Cc2cc(C(F)(F)F)ccc2Cl)cn1. The van der Waals surface area contributed by atoms with Crippen molar-refractivity contribution in [3.05, 3.63) is 46.7 Å². The van der Waals surface area contributed by atoms with Gasteiger partial charge >= 0.3 is 6.18 Å². The molecule has 138 valence electrons. The van der Waals surface area contributed by atoms with Gasteiger partial charge in [-0.15, -0.1) is 0 Å². The Morgan fingerprint density at radius 2 is 2.12 bits per heavy atom. The first kappa shape index (κ1) is 19.8. The maximum absolute atomic E-state index is 12.8. The predicted octanol–water partition coefficient (Wildman–Crippen LogP) is 4.43. The molecule has 0 spiro atoms. The monoisotopic (exact) mass is 384 g/mol. The van der Waals surface area contributed by atoms with Gasteiger partial charge in [0, 0.05) is 24.2 Å². The number of alkyl halides is 3. The Hall–Kier alpha value is -2.53. The fourth-order valence-electron chi connectivity index (χ4n) is 2.29. The number of rotatable bonds is 7. The highest BCUT2D eigenvalue weighted by Crippen LogP contribution is 2.32. The molecular weight excluding hydrogens is 369 g/mol. The van der Waals surface area contributed by atoms with Crippen LogP contribution in [-0.4, -0.2) is 15.7 Å². The summed E-state index contributed by atoms with van der Waals surface area (Å²) in [6, 6.07) is 4.94. The van der Waals surface area contributed by atoms with Crippen molar-refractivity contribution in [2.24, 2.45) is 0 Å². The molecule has 0 aliphatic heterocycles. The number of benzene rings is 1. The van der Waals surface area contributed by atoms with E-state index in [9.17, 15) is 18.0 Å². The molecule has 0 aliphatic rings.